The summed E-state index contributed by atoms with van der Waals surface area (Å²) in [6.07, 6.45) is -6.68. The smallest absolute Gasteiger partial charge is 0.426 e. The van der Waals surface area contributed by atoms with E-state index in [-0.39, 0.29) is 17.1 Å². The first-order chi connectivity index (χ1) is 8.40. The topological polar surface area (TPSA) is 68.3 Å². The molecule has 0 amide bonds. The van der Waals surface area contributed by atoms with Gasteiger partial charge in [0, 0.05) is 12.6 Å². The van der Waals surface area contributed by atoms with E-state index in [0.29, 0.717) is 0 Å². The Labute approximate surface area is 102 Å². The molecule has 1 unspecified atom stereocenters. The van der Waals surface area contributed by atoms with Crippen molar-refractivity contribution in [1.82, 2.24) is 0 Å². The van der Waals surface area contributed by atoms with Gasteiger partial charge in [0.1, 0.15) is 11.5 Å². The van der Waals surface area contributed by atoms with Crippen LogP contribution < -0.4 is 15.2 Å². The van der Waals surface area contributed by atoms with Gasteiger partial charge in [-0.3, -0.25) is 0 Å². The number of benzene rings is 1. The van der Waals surface area contributed by atoms with Gasteiger partial charge in [0.15, 0.2) is 0 Å². The van der Waals surface area contributed by atoms with E-state index in [4.69, 9.17) is 20.5 Å². The number of nitrogens with two attached hydrogens (primary N) is 1. The molecule has 1 aromatic carbocycles. The van der Waals surface area contributed by atoms with Crippen molar-refractivity contribution in [2.45, 2.75) is 12.3 Å². The number of rotatable bonds is 4. The van der Waals surface area contributed by atoms with Crippen LogP contribution in [0.15, 0.2) is 18.2 Å². The summed E-state index contributed by atoms with van der Waals surface area (Å²) in [6, 6.07) is 5.64. The Hall–Kier alpha value is -1.94. The molecule has 0 spiro atoms. The van der Waals surface area contributed by atoms with Gasteiger partial charge in [0.05, 0.1) is 18.7 Å². The third-order valence-corrected chi connectivity index (χ3v) is 2.10. The summed E-state index contributed by atoms with van der Waals surface area (Å²) in [7, 11) is 1.34. The number of nitriles is 1. The Kier molecular flexibility index (Phi) is 4.39. The van der Waals surface area contributed by atoms with E-state index in [9.17, 15) is 13.2 Å². The van der Waals surface area contributed by atoms with Crippen LogP contribution in [0.5, 0.6) is 11.5 Å². The average molecular weight is 260 g/mol. The van der Waals surface area contributed by atoms with Gasteiger partial charge >= 0.3 is 6.18 Å². The predicted molar refractivity (Wildman–Crippen MR) is 57.2 cm³/mol. The molecular weight excluding hydrogens is 249 g/mol. The highest BCUT2D eigenvalue weighted by Gasteiger charge is 2.40. The number of alkyl halides is 3. The fourth-order valence-corrected chi connectivity index (χ4v) is 1.24. The summed E-state index contributed by atoms with van der Waals surface area (Å²) >= 11 is 0. The summed E-state index contributed by atoms with van der Waals surface area (Å²) in [5.41, 5.74) is 5.15. The van der Waals surface area contributed by atoms with E-state index in [2.05, 4.69) is 0 Å². The molecule has 0 aromatic heterocycles. The monoisotopic (exact) mass is 260 g/mol. The molecule has 0 radical (unpaired) electrons. The standard InChI is InChI=1S/C11H11F3N2O2/c1-17-8-2-7(5-15)3-9(4-8)18-10(6-16)11(12,13)14/h2-4,10H,6,16H2,1H3. The highest BCUT2D eigenvalue weighted by atomic mass is 19.4. The van der Waals surface area contributed by atoms with Crippen molar-refractivity contribution >= 4 is 0 Å². The molecule has 0 aliphatic rings. The highest BCUT2D eigenvalue weighted by Crippen LogP contribution is 2.28. The lowest BCUT2D eigenvalue weighted by molar-refractivity contribution is -0.191. The number of nitrogens with zero attached hydrogens (tertiary/aromatic N) is 1. The van der Waals surface area contributed by atoms with Crippen molar-refractivity contribution in [3.63, 3.8) is 0 Å². The summed E-state index contributed by atoms with van der Waals surface area (Å²) in [6.45, 7) is -0.706. The zero-order valence-corrected chi connectivity index (χ0v) is 9.49. The number of hydrogen-bond donors (Lipinski definition) is 1. The molecule has 0 aliphatic heterocycles. The molecule has 1 aromatic rings. The average Bonchev–Trinajstić information content (AvgIpc) is 2.33. The minimum absolute atomic E-state index is 0.112. The highest BCUT2D eigenvalue weighted by molar-refractivity contribution is 5.43. The lowest BCUT2D eigenvalue weighted by Crippen LogP contribution is -2.40. The molecule has 0 aliphatic carbocycles. The van der Waals surface area contributed by atoms with Crippen LogP contribution in [0, 0.1) is 11.3 Å². The normalized spacial score (nSPS) is 12.7. The fraction of sp³-hybridized carbons (Fsp3) is 0.364. The van der Waals surface area contributed by atoms with Crippen LogP contribution in [0.25, 0.3) is 0 Å². The Morgan fingerprint density at radius 2 is 1.94 bits per heavy atom. The lowest BCUT2D eigenvalue weighted by Gasteiger charge is -2.20. The second kappa shape index (κ2) is 5.60. The molecule has 98 valence electrons. The first-order valence-electron chi connectivity index (χ1n) is 4.93. The Bertz CT molecular complexity index is 455. The maximum absolute atomic E-state index is 12.5. The first kappa shape index (κ1) is 14.1. The van der Waals surface area contributed by atoms with Crippen molar-refractivity contribution in [3.8, 4) is 17.6 Å². The van der Waals surface area contributed by atoms with Gasteiger partial charge < -0.3 is 15.2 Å². The summed E-state index contributed by atoms with van der Waals surface area (Å²) in [4.78, 5) is 0. The van der Waals surface area contributed by atoms with Crippen LogP contribution in [0.3, 0.4) is 0 Å². The summed E-state index contributed by atoms with van der Waals surface area (Å²) in [5.74, 6) is 0.126. The Morgan fingerprint density at radius 3 is 2.39 bits per heavy atom. The van der Waals surface area contributed by atoms with Crippen LogP contribution in [-0.2, 0) is 0 Å². The van der Waals surface area contributed by atoms with Gasteiger partial charge in [0.25, 0.3) is 0 Å². The van der Waals surface area contributed by atoms with Crippen LogP contribution in [-0.4, -0.2) is 25.9 Å². The molecular formula is C11H11F3N2O2. The van der Waals surface area contributed by atoms with E-state index in [0.717, 1.165) is 0 Å². The quantitative estimate of drug-likeness (QED) is 0.896. The van der Waals surface area contributed by atoms with Crippen molar-refractivity contribution in [2.24, 2.45) is 5.73 Å². The molecule has 0 saturated carbocycles. The van der Waals surface area contributed by atoms with E-state index >= 15 is 0 Å². The Morgan fingerprint density at radius 1 is 1.33 bits per heavy atom. The van der Waals surface area contributed by atoms with Crippen molar-refractivity contribution in [2.75, 3.05) is 13.7 Å². The minimum atomic E-state index is -4.56. The molecule has 7 heteroatoms. The molecule has 18 heavy (non-hydrogen) atoms. The molecule has 1 rings (SSSR count). The van der Waals surface area contributed by atoms with E-state index < -0.39 is 18.8 Å². The Balaban J connectivity index is 3.00. The van der Waals surface area contributed by atoms with Crippen LogP contribution >= 0.6 is 0 Å². The van der Waals surface area contributed by atoms with Crippen molar-refractivity contribution < 1.29 is 22.6 Å². The third-order valence-electron chi connectivity index (χ3n) is 2.10. The summed E-state index contributed by atoms with van der Waals surface area (Å²) < 4.78 is 47.0. The van der Waals surface area contributed by atoms with Crippen LogP contribution in [0.4, 0.5) is 13.2 Å². The van der Waals surface area contributed by atoms with E-state index in [1.165, 1.54) is 25.3 Å². The summed E-state index contributed by atoms with van der Waals surface area (Å²) in [5, 5.41) is 8.73. The first-order valence-corrected chi connectivity index (χ1v) is 4.93. The lowest BCUT2D eigenvalue weighted by atomic mass is 10.2. The number of methoxy groups -OCH3 is 1. The van der Waals surface area contributed by atoms with Gasteiger partial charge in [0.2, 0.25) is 6.10 Å². The number of halogens is 3. The zero-order chi connectivity index (χ0) is 13.8. The maximum Gasteiger partial charge on any atom is 0.426 e. The van der Waals surface area contributed by atoms with Crippen molar-refractivity contribution in [1.29, 1.82) is 5.26 Å². The predicted octanol–water partition coefficient (Wildman–Crippen LogP) is 1.84. The van der Waals surface area contributed by atoms with E-state index in [1.807, 2.05) is 0 Å². The van der Waals surface area contributed by atoms with Crippen LogP contribution in [0.1, 0.15) is 5.56 Å². The molecule has 2 N–H and O–H groups in total. The van der Waals surface area contributed by atoms with Crippen molar-refractivity contribution in [3.05, 3.63) is 23.8 Å². The van der Waals surface area contributed by atoms with Gasteiger partial charge in [-0.05, 0) is 12.1 Å². The van der Waals surface area contributed by atoms with Crippen LogP contribution in [0.2, 0.25) is 0 Å². The zero-order valence-electron chi connectivity index (χ0n) is 9.49. The third kappa shape index (κ3) is 3.53. The second-order valence-corrected chi connectivity index (χ2v) is 3.39. The number of hydrogen-bond acceptors (Lipinski definition) is 4. The fourth-order valence-electron chi connectivity index (χ4n) is 1.24. The van der Waals surface area contributed by atoms with Gasteiger partial charge in [-0.1, -0.05) is 0 Å². The molecule has 4 nitrogen and oxygen atoms in total. The minimum Gasteiger partial charge on any atom is -0.497 e. The van der Waals surface area contributed by atoms with Gasteiger partial charge in [-0.25, -0.2) is 0 Å². The number of ether oxygens (including phenoxy) is 2. The molecule has 0 heterocycles. The van der Waals surface area contributed by atoms with Gasteiger partial charge in [-0.2, -0.15) is 18.4 Å². The maximum atomic E-state index is 12.5. The van der Waals surface area contributed by atoms with E-state index in [1.54, 1.807) is 6.07 Å². The molecule has 0 bridgehead atoms. The second-order valence-electron chi connectivity index (χ2n) is 3.39. The molecule has 0 fully saturated rings. The SMILES string of the molecule is COc1cc(C#N)cc(OC(CN)C(F)(F)F)c1. The molecule has 1 atom stereocenters. The molecule has 0 saturated heterocycles. The van der Waals surface area contributed by atoms with Gasteiger partial charge in [-0.15, -0.1) is 0 Å². The largest absolute Gasteiger partial charge is 0.497 e.